The zero-order chi connectivity index (χ0) is 16.2. The monoisotopic (exact) mass is 320 g/mol. The van der Waals surface area contributed by atoms with Crippen LogP contribution in [0.5, 0.6) is 0 Å². The molecule has 0 amide bonds. The molecule has 0 N–H and O–H groups in total. The Morgan fingerprint density at radius 2 is 1.64 bits per heavy atom. The van der Waals surface area contributed by atoms with Crippen molar-refractivity contribution >= 4 is 15.7 Å². The standard InChI is InChI=1S/C16H17FN2O2S/c1-13(2)18-19(12-14-6-4-3-5-7-14)22(20,21)16-10-8-15(17)9-11-16/h3-11H,12H2,1-2H3. The Morgan fingerprint density at radius 3 is 2.18 bits per heavy atom. The minimum absolute atomic E-state index is 0.00910. The van der Waals surface area contributed by atoms with Crippen LogP contribution >= 0.6 is 0 Å². The molecule has 2 aromatic rings. The van der Waals surface area contributed by atoms with Gasteiger partial charge in [-0.2, -0.15) is 17.9 Å². The highest BCUT2D eigenvalue weighted by molar-refractivity contribution is 7.89. The highest BCUT2D eigenvalue weighted by Gasteiger charge is 2.23. The average Bonchev–Trinajstić information content (AvgIpc) is 2.47. The molecule has 0 saturated heterocycles. The summed E-state index contributed by atoms with van der Waals surface area (Å²) in [6, 6.07) is 13.9. The minimum atomic E-state index is -3.83. The molecule has 2 aromatic carbocycles. The lowest BCUT2D eigenvalue weighted by Crippen LogP contribution is -2.26. The lowest BCUT2D eigenvalue weighted by Gasteiger charge is -2.20. The zero-order valence-corrected chi connectivity index (χ0v) is 13.2. The van der Waals surface area contributed by atoms with Gasteiger partial charge in [-0.1, -0.05) is 30.3 Å². The van der Waals surface area contributed by atoms with Gasteiger partial charge in [0.15, 0.2) is 0 Å². The van der Waals surface area contributed by atoms with Crippen molar-refractivity contribution in [1.82, 2.24) is 4.41 Å². The zero-order valence-electron chi connectivity index (χ0n) is 12.4. The van der Waals surface area contributed by atoms with E-state index >= 15 is 0 Å². The van der Waals surface area contributed by atoms with Crippen molar-refractivity contribution < 1.29 is 12.8 Å². The second-order valence-electron chi connectivity index (χ2n) is 4.97. The van der Waals surface area contributed by atoms with Crippen LogP contribution in [0.2, 0.25) is 0 Å². The third kappa shape index (κ3) is 3.92. The molecule has 2 rings (SSSR count). The average molecular weight is 320 g/mol. The molecule has 0 aromatic heterocycles. The summed E-state index contributed by atoms with van der Waals surface area (Å²) in [5.74, 6) is -0.483. The quantitative estimate of drug-likeness (QED) is 0.626. The molecule has 0 radical (unpaired) electrons. The molecular formula is C16H17FN2O2S. The van der Waals surface area contributed by atoms with Gasteiger partial charge in [-0.25, -0.2) is 4.39 Å². The lowest BCUT2D eigenvalue weighted by molar-refractivity contribution is 0.425. The van der Waals surface area contributed by atoms with Crippen molar-refractivity contribution in [1.29, 1.82) is 0 Å². The number of hydrogen-bond donors (Lipinski definition) is 0. The van der Waals surface area contributed by atoms with Crippen LogP contribution in [0.15, 0.2) is 64.6 Å². The molecule has 0 fully saturated rings. The van der Waals surface area contributed by atoms with Crippen LogP contribution < -0.4 is 0 Å². The molecule has 6 heteroatoms. The van der Waals surface area contributed by atoms with Gasteiger partial charge in [-0.3, -0.25) is 0 Å². The van der Waals surface area contributed by atoms with Gasteiger partial charge in [-0.15, -0.1) is 0 Å². The van der Waals surface area contributed by atoms with E-state index in [0.717, 1.165) is 22.1 Å². The normalized spacial score (nSPS) is 11.0. The largest absolute Gasteiger partial charge is 0.279 e. The fourth-order valence-corrected chi connectivity index (χ4v) is 3.18. The first-order chi connectivity index (χ1) is 10.4. The van der Waals surface area contributed by atoms with E-state index in [1.54, 1.807) is 13.8 Å². The van der Waals surface area contributed by atoms with Gasteiger partial charge in [0, 0.05) is 5.71 Å². The number of rotatable bonds is 5. The van der Waals surface area contributed by atoms with E-state index in [-0.39, 0.29) is 11.4 Å². The molecule has 0 spiro atoms. The number of sulfonamides is 1. The Hall–Kier alpha value is -2.21. The fourth-order valence-electron chi connectivity index (χ4n) is 1.86. The van der Waals surface area contributed by atoms with Crippen molar-refractivity contribution in [2.75, 3.05) is 0 Å². The number of halogens is 1. The molecule has 0 aliphatic heterocycles. The number of nitrogens with zero attached hydrogens (tertiary/aromatic N) is 2. The predicted octanol–water partition coefficient (Wildman–Crippen LogP) is 3.41. The predicted molar refractivity (Wildman–Crippen MR) is 84.4 cm³/mol. The van der Waals surface area contributed by atoms with Gasteiger partial charge in [0.05, 0.1) is 11.4 Å². The third-order valence-corrected chi connectivity index (χ3v) is 4.49. The topological polar surface area (TPSA) is 49.7 Å². The first kappa shape index (κ1) is 16.2. The van der Waals surface area contributed by atoms with Crippen molar-refractivity contribution in [3.8, 4) is 0 Å². The van der Waals surface area contributed by atoms with E-state index in [1.165, 1.54) is 12.1 Å². The summed E-state index contributed by atoms with van der Waals surface area (Å²) in [6.07, 6.45) is 0. The SMILES string of the molecule is CC(C)=NN(Cc1ccccc1)S(=O)(=O)c1ccc(F)cc1. The van der Waals surface area contributed by atoms with Crippen LogP contribution in [0.3, 0.4) is 0 Å². The van der Waals surface area contributed by atoms with E-state index < -0.39 is 15.8 Å². The molecule has 0 aliphatic rings. The van der Waals surface area contributed by atoms with Gasteiger partial charge < -0.3 is 0 Å². The van der Waals surface area contributed by atoms with Crippen LogP contribution in [0.25, 0.3) is 0 Å². The Morgan fingerprint density at radius 1 is 1.05 bits per heavy atom. The summed E-state index contributed by atoms with van der Waals surface area (Å²) in [5.41, 5.74) is 1.43. The van der Waals surface area contributed by atoms with Crippen LogP contribution in [0.4, 0.5) is 4.39 Å². The third-order valence-electron chi connectivity index (χ3n) is 2.86. The Bertz CT molecular complexity index is 752. The number of hydrazone groups is 1. The summed E-state index contributed by atoms with van der Waals surface area (Å²) in [4.78, 5) is 0.00910. The van der Waals surface area contributed by atoms with Gasteiger partial charge in [0.2, 0.25) is 0 Å². The van der Waals surface area contributed by atoms with Gasteiger partial charge in [-0.05, 0) is 43.7 Å². The molecule has 0 atom stereocenters. The van der Waals surface area contributed by atoms with Gasteiger partial charge in [0.25, 0.3) is 10.0 Å². The summed E-state index contributed by atoms with van der Waals surface area (Å²) in [7, 11) is -3.83. The van der Waals surface area contributed by atoms with Crippen molar-refractivity contribution in [2.24, 2.45) is 5.10 Å². The molecule has 0 bridgehead atoms. The van der Waals surface area contributed by atoms with Gasteiger partial charge in [0.1, 0.15) is 5.82 Å². The molecule has 0 saturated carbocycles. The summed E-state index contributed by atoms with van der Waals surface area (Å²) >= 11 is 0. The fraction of sp³-hybridized carbons (Fsp3) is 0.188. The van der Waals surface area contributed by atoms with Crippen LogP contribution in [0, 0.1) is 5.82 Å². The molecule has 116 valence electrons. The maximum absolute atomic E-state index is 13.0. The highest BCUT2D eigenvalue weighted by atomic mass is 32.2. The summed E-state index contributed by atoms with van der Waals surface area (Å²) in [6.45, 7) is 3.56. The van der Waals surface area contributed by atoms with E-state index in [4.69, 9.17) is 0 Å². The maximum atomic E-state index is 13.0. The van der Waals surface area contributed by atoms with E-state index in [0.29, 0.717) is 5.71 Å². The lowest BCUT2D eigenvalue weighted by atomic mass is 10.2. The minimum Gasteiger partial charge on any atom is -0.207 e. The molecule has 0 unspecified atom stereocenters. The summed E-state index contributed by atoms with van der Waals surface area (Å²) in [5, 5.41) is 4.11. The first-order valence-corrected chi connectivity index (χ1v) is 8.17. The van der Waals surface area contributed by atoms with E-state index in [1.807, 2.05) is 30.3 Å². The van der Waals surface area contributed by atoms with E-state index in [9.17, 15) is 12.8 Å². The first-order valence-electron chi connectivity index (χ1n) is 6.73. The molecule has 22 heavy (non-hydrogen) atoms. The van der Waals surface area contributed by atoms with E-state index in [2.05, 4.69) is 5.10 Å². The van der Waals surface area contributed by atoms with Gasteiger partial charge >= 0.3 is 0 Å². The Labute approximate surface area is 129 Å². The second kappa shape index (κ2) is 6.70. The Kier molecular flexibility index (Phi) is 4.92. The van der Waals surface area contributed by atoms with Crippen molar-refractivity contribution in [3.05, 3.63) is 66.0 Å². The second-order valence-corrected chi connectivity index (χ2v) is 6.82. The smallest absolute Gasteiger partial charge is 0.207 e. The number of benzene rings is 2. The molecule has 0 aliphatic carbocycles. The number of hydrogen-bond acceptors (Lipinski definition) is 3. The molecule has 4 nitrogen and oxygen atoms in total. The van der Waals surface area contributed by atoms with Crippen LogP contribution in [-0.4, -0.2) is 18.5 Å². The molecular weight excluding hydrogens is 303 g/mol. The van der Waals surface area contributed by atoms with Crippen molar-refractivity contribution in [3.63, 3.8) is 0 Å². The summed E-state index contributed by atoms with van der Waals surface area (Å²) < 4.78 is 39.4. The van der Waals surface area contributed by atoms with Crippen molar-refractivity contribution in [2.45, 2.75) is 25.3 Å². The molecule has 0 heterocycles. The van der Waals surface area contributed by atoms with Crippen LogP contribution in [-0.2, 0) is 16.6 Å². The Balaban J connectivity index is 2.40. The maximum Gasteiger partial charge on any atom is 0.279 e. The van der Waals surface area contributed by atoms with Crippen LogP contribution in [0.1, 0.15) is 19.4 Å². The highest BCUT2D eigenvalue weighted by Crippen LogP contribution is 2.19.